The van der Waals surface area contributed by atoms with Gasteiger partial charge in [0.05, 0.1) is 0 Å². The maximum absolute atomic E-state index is 11.9. The van der Waals surface area contributed by atoms with Gasteiger partial charge in [0.1, 0.15) is 5.75 Å². The predicted molar refractivity (Wildman–Crippen MR) is 89.2 cm³/mol. The molecule has 0 bridgehead atoms. The van der Waals surface area contributed by atoms with E-state index in [1.54, 1.807) is 0 Å². The van der Waals surface area contributed by atoms with E-state index in [0.717, 1.165) is 21.3 Å². The zero-order valence-electron chi connectivity index (χ0n) is 11.7. The number of nitrogens with one attached hydrogen (secondary N) is 1. The van der Waals surface area contributed by atoms with Gasteiger partial charge in [0.2, 0.25) is 0 Å². The molecule has 0 saturated carbocycles. The summed E-state index contributed by atoms with van der Waals surface area (Å²) in [5.41, 5.74) is 2.56. The van der Waals surface area contributed by atoms with Crippen molar-refractivity contribution in [2.24, 2.45) is 0 Å². The van der Waals surface area contributed by atoms with Crippen LogP contribution in [0.2, 0.25) is 5.02 Å². The van der Waals surface area contributed by atoms with Crippen molar-refractivity contribution in [2.45, 2.75) is 13.8 Å². The molecule has 0 aliphatic rings. The van der Waals surface area contributed by atoms with E-state index in [1.165, 1.54) is 0 Å². The van der Waals surface area contributed by atoms with E-state index in [1.807, 2.05) is 50.2 Å². The summed E-state index contributed by atoms with van der Waals surface area (Å²) in [4.78, 5) is 11.9. The molecule has 0 saturated heterocycles. The largest absolute Gasteiger partial charge is 0.483 e. The standard InChI is InChI=1S/C16H15BrClNO2/c1-10-7-13(18)8-11(2)16(10)21-9-15(20)19-14-5-3-12(17)4-6-14/h3-8H,9H2,1-2H3,(H,19,20). The summed E-state index contributed by atoms with van der Waals surface area (Å²) < 4.78 is 6.56. The molecule has 1 N–H and O–H groups in total. The Kier molecular flexibility index (Phi) is 5.26. The molecule has 0 aromatic heterocycles. The first-order valence-electron chi connectivity index (χ1n) is 6.40. The van der Waals surface area contributed by atoms with Gasteiger partial charge in [0.25, 0.3) is 5.91 Å². The molecule has 0 spiro atoms. The molecule has 2 aromatic rings. The fourth-order valence-corrected chi connectivity index (χ4v) is 2.58. The highest BCUT2D eigenvalue weighted by molar-refractivity contribution is 9.10. The minimum absolute atomic E-state index is 0.0423. The quantitative estimate of drug-likeness (QED) is 0.846. The van der Waals surface area contributed by atoms with Gasteiger partial charge in [0.15, 0.2) is 6.61 Å². The number of carbonyl (C=O) groups is 1. The number of anilines is 1. The number of carbonyl (C=O) groups excluding carboxylic acids is 1. The summed E-state index contributed by atoms with van der Waals surface area (Å²) >= 11 is 9.31. The lowest BCUT2D eigenvalue weighted by Gasteiger charge is -2.12. The summed E-state index contributed by atoms with van der Waals surface area (Å²) in [6, 6.07) is 11.0. The fourth-order valence-electron chi connectivity index (χ4n) is 1.99. The topological polar surface area (TPSA) is 38.3 Å². The van der Waals surface area contributed by atoms with Crippen LogP contribution in [-0.2, 0) is 4.79 Å². The minimum Gasteiger partial charge on any atom is -0.483 e. The lowest BCUT2D eigenvalue weighted by molar-refractivity contribution is -0.118. The van der Waals surface area contributed by atoms with E-state index in [-0.39, 0.29) is 12.5 Å². The second-order valence-electron chi connectivity index (χ2n) is 4.71. The van der Waals surface area contributed by atoms with Crippen LogP contribution in [0.15, 0.2) is 40.9 Å². The molecule has 1 amide bonds. The van der Waals surface area contributed by atoms with Gasteiger partial charge in [-0.25, -0.2) is 0 Å². The number of halogens is 2. The van der Waals surface area contributed by atoms with Crippen molar-refractivity contribution < 1.29 is 9.53 Å². The summed E-state index contributed by atoms with van der Waals surface area (Å²) in [5, 5.41) is 3.44. The lowest BCUT2D eigenvalue weighted by atomic mass is 10.1. The number of ether oxygens (including phenoxy) is 1. The number of rotatable bonds is 4. The van der Waals surface area contributed by atoms with E-state index in [4.69, 9.17) is 16.3 Å². The third kappa shape index (κ3) is 4.48. The molecule has 0 fully saturated rings. The van der Waals surface area contributed by atoms with Gasteiger partial charge in [-0.05, 0) is 61.4 Å². The Morgan fingerprint density at radius 3 is 2.33 bits per heavy atom. The van der Waals surface area contributed by atoms with Crippen LogP contribution in [0.3, 0.4) is 0 Å². The first-order chi connectivity index (χ1) is 9.95. The lowest BCUT2D eigenvalue weighted by Crippen LogP contribution is -2.20. The van der Waals surface area contributed by atoms with Crippen LogP contribution >= 0.6 is 27.5 Å². The Morgan fingerprint density at radius 1 is 1.19 bits per heavy atom. The Hall–Kier alpha value is -1.52. The van der Waals surface area contributed by atoms with Crippen molar-refractivity contribution in [3.05, 3.63) is 57.0 Å². The number of amides is 1. The van der Waals surface area contributed by atoms with Gasteiger partial charge in [-0.15, -0.1) is 0 Å². The molecule has 0 aliphatic carbocycles. The smallest absolute Gasteiger partial charge is 0.262 e. The highest BCUT2D eigenvalue weighted by atomic mass is 79.9. The molecule has 0 unspecified atom stereocenters. The van der Waals surface area contributed by atoms with E-state index in [0.29, 0.717) is 10.8 Å². The summed E-state index contributed by atoms with van der Waals surface area (Å²) in [7, 11) is 0. The summed E-state index contributed by atoms with van der Waals surface area (Å²) in [6.45, 7) is 3.76. The minimum atomic E-state index is -0.203. The molecule has 0 aliphatic heterocycles. The molecule has 5 heteroatoms. The molecule has 0 heterocycles. The Bertz CT molecular complexity index is 633. The molecular formula is C16H15BrClNO2. The maximum atomic E-state index is 11.9. The molecule has 0 atom stereocenters. The predicted octanol–water partition coefficient (Wildman–Crippen LogP) is 4.74. The van der Waals surface area contributed by atoms with Crippen LogP contribution in [0.1, 0.15) is 11.1 Å². The first-order valence-corrected chi connectivity index (χ1v) is 7.58. The van der Waals surface area contributed by atoms with Gasteiger partial charge in [-0.1, -0.05) is 27.5 Å². The molecule has 2 rings (SSSR count). The van der Waals surface area contributed by atoms with Crippen LogP contribution in [-0.4, -0.2) is 12.5 Å². The van der Waals surface area contributed by atoms with Crippen LogP contribution in [0.5, 0.6) is 5.75 Å². The van der Waals surface area contributed by atoms with Gasteiger partial charge >= 0.3 is 0 Å². The van der Waals surface area contributed by atoms with Crippen LogP contribution in [0, 0.1) is 13.8 Å². The Balaban J connectivity index is 1.97. The van der Waals surface area contributed by atoms with Crippen molar-refractivity contribution in [1.29, 1.82) is 0 Å². The zero-order valence-corrected chi connectivity index (χ0v) is 14.1. The summed E-state index contributed by atoms with van der Waals surface area (Å²) in [5.74, 6) is 0.497. The van der Waals surface area contributed by atoms with Crippen molar-refractivity contribution in [3.8, 4) is 5.75 Å². The van der Waals surface area contributed by atoms with Gasteiger partial charge in [0, 0.05) is 15.2 Å². The zero-order chi connectivity index (χ0) is 15.4. The number of benzene rings is 2. The van der Waals surface area contributed by atoms with Crippen LogP contribution in [0.25, 0.3) is 0 Å². The summed E-state index contributed by atoms with van der Waals surface area (Å²) in [6.07, 6.45) is 0. The van der Waals surface area contributed by atoms with Crippen LogP contribution in [0.4, 0.5) is 5.69 Å². The third-order valence-corrected chi connectivity index (χ3v) is 3.65. The first kappa shape index (κ1) is 15.9. The maximum Gasteiger partial charge on any atom is 0.262 e. The molecule has 21 heavy (non-hydrogen) atoms. The van der Waals surface area contributed by atoms with E-state index >= 15 is 0 Å². The van der Waals surface area contributed by atoms with Crippen molar-refractivity contribution >= 4 is 39.1 Å². The average Bonchev–Trinajstić information content (AvgIpc) is 2.40. The van der Waals surface area contributed by atoms with Gasteiger partial charge < -0.3 is 10.1 Å². The number of aryl methyl sites for hydroxylation is 2. The monoisotopic (exact) mass is 367 g/mol. The van der Waals surface area contributed by atoms with Gasteiger partial charge in [-0.2, -0.15) is 0 Å². The Labute approximate surface area is 137 Å². The van der Waals surface area contributed by atoms with Crippen molar-refractivity contribution in [2.75, 3.05) is 11.9 Å². The van der Waals surface area contributed by atoms with Crippen LogP contribution < -0.4 is 10.1 Å². The molecular weight excluding hydrogens is 354 g/mol. The molecule has 110 valence electrons. The number of hydrogen-bond acceptors (Lipinski definition) is 2. The van der Waals surface area contributed by atoms with Crippen molar-refractivity contribution in [1.82, 2.24) is 0 Å². The SMILES string of the molecule is Cc1cc(Cl)cc(C)c1OCC(=O)Nc1ccc(Br)cc1. The second kappa shape index (κ2) is 6.96. The second-order valence-corrected chi connectivity index (χ2v) is 6.06. The Morgan fingerprint density at radius 2 is 1.76 bits per heavy atom. The highest BCUT2D eigenvalue weighted by Gasteiger charge is 2.09. The average molecular weight is 369 g/mol. The molecule has 2 aromatic carbocycles. The number of hydrogen-bond donors (Lipinski definition) is 1. The van der Waals surface area contributed by atoms with E-state index < -0.39 is 0 Å². The fraction of sp³-hybridized carbons (Fsp3) is 0.188. The van der Waals surface area contributed by atoms with E-state index in [2.05, 4.69) is 21.2 Å². The van der Waals surface area contributed by atoms with Crippen molar-refractivity contribution in [3.63, 3.8) is 0 Å². The van der Waals surface area contributed by atoms with E-state index in [9.17, 15) is 4.79 Å². The molecule has 3 nitrogen and oxygen atoms in total. The third-order valence-electron chi connectivity index (χ3n) is 2.90. The molecule has 0 radical (unpaired) electrons. The highest BCUT2D eigenvalue weighted by Crippen LogP contribution is 2.27. The normalized spacial score (nSPS) is 10.3. The van der Waals surface area contributed by atoms with Gasteiger partial charge in [-0.3, -0.25) is 4.79 Å².